The van der Waals surface area contributed by atoms with Gasteiger partial charge in [-0.05, 0) is 29.5 Å². The first-order chi connectivity index (χ1) is 11.7. The average molecular weight is 338 g/mol. The second kappa shape index (κ2) is 7.84. The van der Waals surface area contributed by atoms with Crippen molar-refractivity contribution in [3.05, 3.63) is 88.5 Å². The Bertz CT molecular complexity index is 845. The summed E-state index contributed by atoms with van der Waals surface area (Å²) in [6.07, 6.45) is 3.57. The van der Waals surface area contributed by atoms with Crippen molar-refractivity contribution in [2.75, 3.05) is 6.26 Å². The molecule has 1 heterocycles. The van der Waals surface area contributed by atoms with Gasteiger partial charge in [-0.3, -0.25) is 9.36 Å². The van der Waals surface area contributed by atoms with E-state index in [9.17, 15) is 4.79 Å². The van der Waals surface area contributed by atoms with Gasteiger partial charge < -0.3 is 4.74 Å². The minimum Gasteiger partial charge on any atom is -0.473 e. The van der Waals surface area contributed by atoms with E-state index in [-0.39, 0.29) is 5.56 Å². The van der Waals surface area contributed by atoms with E-state index in [1.54, 1.807) is 16.3 Å². The molecule has 0 saturated carbocycles. The van der Waals surface area contributed by atoms with Crippen LogP contribution in [-0.2, 0) is 13.2 Å². The van der Waals surface area contributed by atoms with Gasteiger partial charge in [-0.15, -0.1) is 11.8 Å². The smallest absolute Gasteiger partial charge is 0.257 e. The van der Waals surface area contributed by atoms with E-state index in [1.165, 1.54) is 17.3 Å². The molecule has 0 radical (unpaired) electrons. The van der Waals surface area contributed by atoms with Crippen LogP contribution in [0.25, 0.3) is 0 Å². The van der Waals surface area contributed by atoms with Gasteiger partial charge in [0.25, 0.3) is 5.56 Å². The van der Waals surface area contributed by atoms with Crippen molar-refractivity contribution < 1.29 is 4.74 Å². The normalized spacial score (nSPS) is 10.5. The third kappa shape index (κ3) is 4.26. The number of aromatic nitrogens is 2. The maximum Gasteiger partial charge on any atom is 0.257 e. The molecule has 2 aromatic carbocycles. The quantitative estimate of drug-likeness (QED) is 0.644. The summed E-state index contributed by atoms with van der Waals surface area (Å²) < 4.78 is 7.15. The summed E-state index contributed by atoms with van der Waals surface area (Å²) in [5, 5.41) is 0. The summed E-state index contributed by atoms with van der Waals surface area (Å²) in [5.74, 6) is 0.345. The van der Waals surface area contributed by atoms with Crippen LogP contribution in [0.5, 0.6) is 5.88 Å². The van der Waals surface area contributed by atoms with E-state index < -0.39 is 0 Å². The lowest BCUT2D eigenvalue weighted by Gasteiger charge is -2.08. The third-order valence-electron chi connectivity index (χ3n) is 3.60. The topological polar surface area (TPSA) is 44.1 Å². The van der Waals surface area contributed by atoms with Crippen molar-refractivity contribution in [3.8, 4) is 5.88 Å². The Kier molecular flexibility index (Phi) is 5.33. The zero-order valence-corrected chi connectivity index (χ0v) is 14.2. The first-order valence-corrected chi connectivity index (χ1v) is 8.83. The van der Waals surface area contributed by atoms with Gasteiger partial charge in [-0.1, -0.05) is 42.5 Å². The van der Waals surface area contributed by atoms with Crippen LogP contribution < -0.4 is 10.3 Å². The molecule has 1 aromatic heterocycles. The second-order valence-electron chi connectivity index (χ2n) is 5.32. The van der Waals surface area contributed by atoms with Gasteiger partial charge in [-0.2, -0.15) is 0 Å². The number of hydrogen-bond acceptors (Lipinski definition) is 4. The third-order valence-corrected chi connectivity index (χ3v) is 4.34. The molecule has 0 aliphatic carbocycles. The van der Waals surface area contributed by atoms with Crippen LogP contribution in [-0.4, -0.2) is 15.8 Å². The first-order valence-electron chi connectivity index (χ1n) is 7.61. The molecule has 0 aliphatic rings. The molecule has 0 saturated heterocycles. The largest absolute Gasteiger partial charge is 0.473 e. The number of hydrogen-bond donors (Lipinski definition) is 0. The van der Waals surface area contributed by atoms with E-state index in [2.05, 4.69) is 17.1 Å². The average Bonchev–Trinajstić information content (AvgIpc) is 2.63. The van der Waals surface area contributed by atoms with Crippen LogP contribution in [0, 0.1) is 0 Å². The molecule has 0 atom stereocenters. The van der Waals surface area contributed by atoms with Crippen LogP contribution in [0.3, 0.4) is 0 Å². The molecule has 0 spiro atoms. The van der Waals surface area contributed by atoms with Crippen molar-refractivity contribution in [3.63, 3.8) is 0 Å². The van der Waals surface area contributed by atoms with E-state index in [0.717, 1.165) is 11.1 Å². The zero-order valence-electron chi connectivity index (χ0n) is 13.4. The minimum atomic E-state index is -0.123. The van der Waals surface area contributed by atoms with Crippen LogP contribution in [0.1, 0.15) is 11.1 Å². The van der Waals surface area contributed by atoms with Crippen molar-refractivity contribution in [2.45, 2.75) is 18.0 Å². The minimum absolute atomic E-state index is 0.123. The van der Waals surface area contributed by atoms with Crippen molar-refractivity contribution in [2.24, 2.45) is 0 Å². The van der Waals surface area contributed by atoms with Gasteiger partial charge in [0.1, 0.15) is 12.9 Å². The summed E-state index contributed by atoms with van der Waals surface area (Å²) in [6, 6.07) is 19.4. The van der Waals surface area contributed by atoms with Gasteiger partial charge in [-0.25, -0.2) is 4.98 Å². The Morgan fingerprint density at radius 2 is 1.79 bits per heavy atom. The zero-order chi connectivity index (χ0) is 16.8. The number of nitrogens with zero attached hydrogens (tertiary/aromatic N) is 2. The van der Waals surface area contributed by atoms with E-state index in [1.807, 2.05) is 48.7 Å². The fourth-order valence-corrected chi connectivity index (χ4v) is 2.67. The Labute approximate surface area is 145 Å². The molecule has 0 unspecified atom stereocenters. The molecule has 5 heteroatoms. The lowest BCUT2D eigenvalue weighted by molar-refractivity contribution is 0.291. The van der Waals surface area contributed by atoms with Gasteiger partial charge >= 0.3 is 0 Å². The molecule has 0 fully saturated rings. The maximum atomic E-state index is 12.2. The number of benzene rings is 2. The molecular formula is C19H18N2O2S. The van der Waals surface area contributed by atoms with Crippen LogP contribution >= 0.6 is 11.8 Å². The molecule has 122 valence electrons. The predicted molar refractivity (Wildman–Crippen MR) is 96.6 cm³/mol. The van der Waals surface area contributed by atoms with Gasteiger partial charge in [0.15, 0.2) is 0 Å². The summed E-state index contributed by atoms with van der Waals surface area (Å²) >= 11 is 1.70. The van der Waals surface area contributed by atoms with E-state index in [4.69, 9.17) is 4.74 Å². The highest BCUT2D eigenvalue weighted by Gasteiger charge is 2.03. The van der Waals surface area contributed by atoms with E-state index in [0.29, 0.717) is 19.0 Å². The molecular weight excluding hydrogens is 320 g/mol. The standard InChI is InChI=1S/C19H18N2O2S/c1-24-17-9-7-15(8-10-17)12-21-14-20-18(11-19(21)22)23-13-16-5-3-2-4-6-16/h2-11,14H,12-13H2,1H3. The highest BCUT2D eigenvalue weighted by Crippen LogP contribution is 2.15. The van der Waals surface area contributed by atoms with Gasteiger partial charge in [0, 0.05) is 4.90 Å². The lowest BCUT2D eigenvalue weighted by Crippen LogP contribution is -2.20. The SMILES string of the molecule is CSc1ccc(Cn2cnc(OCc3ccccc3)cc2=O)cc1. The van der Waals surface area contributed by atoms with Crippen LogP contribution in [0.2, 0.25) is 0 Å². The van der Waals surface area contributed by atoms with Gasteiger partial charge in [0.05, 0.1) is 12.6 Å². The molecule has 3 aromatic rings. The second-order valence-corrected chi connectivity index (χ2v) is 6.20. The van der Waals surface area contributed by atoms with Crippen LogP contribution in [0.4, 0.5) is 0 Å². The summed E-state index contributed by atoms with van der Waals surface area (Å²) in [4.78, 5) is 17.6. The molecule has 24 heavy (non-hydrogen) atoms. The lowest BCUT2D eigenvalue weighted by atomic mass is 10.2. The highest BCUT2D eigenvalue weighted by atomic mass is 32.2. The Hall–Kier alpha value is -2.53. The molecule has 3 rings (SSSR count). The maximum absolute atomic E-state index is 12.2. The molecule has 4 nitrogen and oxygen atoms in total. The first kappa shape index (κ1) is 16.3. The summed E-state index contributed by atoms with van der Waals surface area (Å²) in [5.41, 5.74) is 1.98. The number of rotatable bonds is 6. The predicted octanol–water partition coefficient (Wildman–Crippen LogP) is 3.59. The number of ether oxygens (including phenoxy) is 1. The Balaban J connectivity index is 1.66. The van der Waals surface area contributed by atoms with Crippen molar-refractivity contribution in [1.29, 1.82) is 0 Å². The molecule has 0 amide bonds. The summed E-state index contributed by atoms with van der Waals surface area (Å²) in [6.45, 7) is 0.896. The fourth-order valence-electron chi connectivity index (χ4n) is 2.27. The number of thioether (sulfide) groups is 1. The Morgan fingerprint density at radius 3 is 2.46 bits per heavy atom. The monoisotopic (exact) mass is 338 g/mol. The fraction of sp³-hybridized carbons (Fsp3) is 0.158. The molecule has 0 N–H and O–H groups in total. The van der Waals surface area contributed by atoms with Crippen molar-refractivity contribution >= 4 is 11.8 Å². The van der Waals surface area contributed by atoms with Crippen LogP contribution in [0.15, 0.2) is 76.7 Å². The Morgan fingerprint density at radius 1 is 1.04 bits per heavy atom. The molecule has 0 aliphatic heterocycles. The van der Waals surface area contributed by atoms with Crippen molar-refractivity contribution in [1.82, 2.24) is 9.55 Å². The molecule has 0 bridgehead atoms. The highest BCUT2D eigenvalue weighted by molar-refractivity contribution is 7.98. The van der Waals surface area contributed by atoms with E-state index >= 15 is 0 Å². The van der Waals surface area contributed by atoms with Gasteiger partial charge in [0.2, 0.25) is 5.88 Å². The summed E-state index contributed by atoms with van der Waals surface area (Å²) in [7, 11) is 0.